The first-order valence-corrected chi connectivity index (χ1v) is 7.49. The average molecular weight is 310 g/mol. The van der Waals surface area contributed by atoms with Crippen LogP contribution in [0.3, 0.4) is 0 Å². The molecule has 9 heteroatoms. The summed E-state index contributed by atoms with van der Waals surface area (Å²) in [5.41, 5.74) is -0.0303. The van der Waals surface area contributed by atoms with Crippen molar-refractivity contribution in [3.8, 4) is 0 Å². The number of hydrogen-bond acceptors (Lipinski definition) is 6. The van der Waals surface area contributed by atoms with Crippen LogP contribution in [0.2, 0.25) is 0 Å². The van der Waals surface area contributed by atoms with Crippen LogP contribution in [0.5, 0.6) is 0 Å². The van der Waals surface area contributed by atoms with E-state index in [1.54, 1.807) is 13.0 Å². The summed E-state index contributed by atoms with van der Waals surface area (Å²) < 4.78 is 31.8. The van der Waals surface area contributed by atoms with Crippen molar-refractivity contribution >= 4 is 16.0 Å². The van der Waals surface area contributed by atoms with Crippen molar-refractivity contribution in [3.63, 3.8) is 0 Å². The van der Waals surface area contributed by atoms with Gasteiger partial charge in [0.05, 0.1) is 23.6 Å². The Balaban J connectivity index is 2.34. The quantitative estimate of drug-likeness (QED) is 0.783. The summed E-state index contributed by atoms with van der Waals surface area (Å²) in [5.74, 6) is -0.350. The molecule has 1 unspecified atom stereocenters. The number of sulfonamides is 1. The van der Waals surface area contributed by atoms with Gasteiger partial charge in [-0.05, 0) is 19.1 Å². The summed E-state index contributed by atoms with van der Waals surface area (Å²) in [4.78, 5) is 15.4. The van der Waals surface area contributed by atoms with Crippen molar-refractivity contribution in [3.05, 3.63) is 42.0 Å². The van der Waals surface area contributed by atoms with Gasteiger partial charge in [-0.2, -0.15) is 5.10 Å². The maximum Gasteiger partial charge on any atom is 0.339 e. The molecule has 1 atom stereocenters. The van der Waals surface area contributed by atoms with Gasteiger partial charge < -0.3 is 4.74 Å². The minimum Gasteiger partial charge on any atom is -0.465 e. The number of carbonyl (C=O) groups excluding carboxylic acids is 1. The first-order valence-electron chi connectivity index (χ1n) is 6.00. The highest BCUT2D eigenvalue weighted by Gasteiger charge is 2.25. The summed E-state index contributed by atoms with van der Waals surface area (Å²) in [6.07, 6.45) is 1.28. The Morgan fingerprint density at radius 3 is 2.71 bits per heavy atom. The molecule has 0 saturated heterocycles. The summed E-state index contributed by atoms with van der Waals surface area (Å²) in [6.45, 7) is 1.61. The molecule has 2 aromatic rings. The maximum absolute atomic E-state index is 12.4. The third-order valence-corrected chi connectivity index (χ3v) is 4.36. The van der Waals surface area contributed by atoms with Crippen LogP contribution < -0.4 is 4.72 Å². The van der Waals surface area contributed by atoms with Crippen molar-refractivity contribution in [2.75, 3.05) is 7.11 Å². The largest absolute Gasteiger partial charge is 0.465 e. The molecule has 1 heterocycles. The van der Waals surface area contributed by atoms with E-state index in [1.165, 1.54) is 31.6 Å². The lowest BCUT2D eigenvalue weighted by Gasteiger charge is -2.13. The van der Waals surface area contributed by atoms with E-state index >= 15 is 0 Å². The second-order valence-electron chi connectivity index (χ2n) is 4.20. The standard InChI is InChI=1S/C12H14N4O4S/c1-8(11-13-7-14-15-11)16-21(18,19)10-6-4-3-5-9(10)12(17)20-2/h3-8,16H,1-2H3,(H,13,14,15). The van der Waals surface area contributed by atoms with Crippen molar-refractivity contribution < 1.29 is 17.9 Å². The molecule has 1 aromatic carbocycles. The third-order valence-electron chi connectivity index (χ3n) is 2.76. The van der Waals surface area contributed by atoms with E-state index in [-0.39, 0.29) is 10.5 Å². The molecular weight excluding hydrogens is 296 g/mol. The zero-order valence-electron chi connectivity index (χ0n) is 11.4. The summed E-state index contributed by atoms with van der Waals surface area (Å²) in [6, 6.07) is 5.19. The van der Waals surface area contributed by atoms with Gasteiger partial charge in [-0.25, -0.2) is 22.9 Å². The SMILES string of the molecule is COC(=O)c1ccccc1S(=O)(=O)NC(C)c1ncn[nH]1. The fourth-order valence-corrected chi connectivity index (χ4v) is 3.16. The van der Waals surface area contributed by atoms with Gasteiger partial charge in [0.15, 0.2) is 0 Å². The van der Waals surface area contributed by atoms with Gasteiger partial charge >= 0.3 is 5.97 Å². The summed E-state index contributed by atoms with van der Waals surface area (Å²) in [7, 11) is -2.72. The number of benzene rings is 1. The van der Waals surface area contributed by atoms with Gasteiger partial charge in [0, 0.05) is 0 Å². The second kappa shape index (κ2) is 6.02. The Morgan fingerprint density at radius 2 is 2.10 bits per heavy atom. The fraction of sp³-hybridized carbons (Fsp3) is 0.250. The molecule has 2 rings (SSSR count). The Kier molecular flexibility index (Phi) is 4.34. The van der Waals surface area contributed by atoms with Crippen LogP contribution in [0.1, 0.15) is 29.1 Å². The molecule has 0 aliphatic rings. The van der Waals surface area contributed by atoms with Gasteiger partial charge in [0.2, 0.25) is 10.0 Å². The van der Waals surface area contributed by atoms with Crippen molar-refractivity contribution in [1.82, 2.24) is 19.9 Å². The second-order valence-corrected chi connectivity index (χ2v) is 5.88. The molecule has 0 fully saturated rings. The van der Waals surface area contributed by atoms with Gasteiger partial charge in [-0.3, -0.25) is 5.10 Å². The molecule has 1 aromatic heterocycles. The molecule has 0 spiro atoms. The number of nitrogens with one attached hydrogen (secondary N) is 2. The molecule has 0 bridgehead atoms. The summed E-state index contributed by atoms with van der Waals surface area (Å²) >= 11 is 0. The monoisotopic (exact) mass is 310 g/mol. The number of H-pyrrole nitrogens is 1. The van der Waals surface area contributed by atoms with E-state index < -0.39 is 22.0 Å². The molecular formula is C12H14N4O4S. The predicted molar refractivity (Wildman–Crippen MR) is 72.9 cm³/mol. The van der Waals surface area contributed by atoms with Crippen molar-refractivity contribution in [1.29, 1.82) is 0 Å². The number of esters is 1. The van der Waals surface area contributed by atoms with E-state index in [4.69, 9.17) is 0 Å². The highest BCUT2D eigenvalue weighted by atomic mass is 32.2. The highest BCUT2D eigenvalue weighted by molar-refractivity contribution is 7.89. The molecule has 21 heavy (non-hydrogen) atoms. The number of nitrogens with zero attached hydrogens (tertiary/aromatic N) is 2. The van der Waals surface area contributed by atoms with Crippen LogP contribution in [0, 0.1) is 0 Å². The molecule has 0 saturated carbocycles. The van der Waals surface area contributed by atoms with Crippen LogP contribution in [0.15, 0.2) is 35.5 Å². The minimum atomic E-state index is -3.91. The highest BCUT2D eigenvalue weighted by Crippen LogP contribution is 2.18. The molecule has 0 amide bonds. The zero-order valence-corrected chi connectivity index (χ0v) is 12.2. The summed E-state index contributed by atoms with van der Waals surface area (Å²) in [5, 5.41) is 6.24. The minimum absolute atomic E-state index is 0.0303. The van der Waals surface area contributed by atoms with E-state index in [2.05, 4.69) is 24.6 Å². The van der Waals surface area contributed by atoms with Gasteiger partial charge in [-0.1, -0.05) is 12.1 Å². The van der Waals surface area contributed by atoms with Crippen LogP contribution in [-0.2, 0) is 14.8 Å². The number of rotatable bonds is 5. The van der Waals surface area contributed by atoms with Crippen LogP contribution in [0.4, 0.5) is 0 Å². The number of aromatic nitrogens is 3. The topological polar surface area (TPSA) is 114 Å². The fourth-order valence-electron chi connectivity index (χ4n) is 1.76. The van der Waals surface area contributed by atoms with E-state index in [0.717, 1.165) is 0 Å². The Morgan fingerprint density at radius 1 is 1.38 bits per heavy atom. The van der Waals surface area contributed by atoms with Gasteiger partial charge in [0.1, 0.15) is 12.2 Å². The smallest absolute Gasteiger partial charge is 0.339 e. The normalized spacial score (nSPS) is 12.9. The molecule has 0 radical (unpaired) electrons. The van der Waals surface area contributed by atoms with Crippen LogP contribution >= 0.6 is 0 Å². The predicted octanol–water partition coefficient (Wildman–Crippen LogP) is 0.631. The average Bonchev–Trinajstić information content (AvgIpc) is 3.00. The van der Waals surface area contributed by atoms with Gasteiger partial charge in [0.25, 0.3) is 0 Å². The van der Waals surface area contributed by atoms with E-state index in [1.807, 2.05) is 0 Å². The lowest BCUT2D eigenvalue weighted by Crippen LogP contribution is -2.29. The molecule has 8 nitrogen and oxygen atoms in total. The lowest BCUT2D eigenvalue weighted by molar-refractivity contribution is 0.0596. The zero-order chi connectivity index (χ0) is 15.5. The Bertz CT molecular complexity index is 727. The van der Waals surface area contributed by atoms with Crippen molar-refractivity contribution in [2.24, 2.45) is 0 Å². The molecule has 0 aliphatic heterocycles. The number of hydrogen-bond donors (Lipinski definition) is 2. The Labute approximate surface area is 121 Å². The van der Waals surface area contributed by atoms with Crippen LogP contribution in [-0.4, -0.2) is 36.7 Å². The van der Waals surface area contributed by atoms with Crippen molar-refractivity contribution in [2.45, 2.75) is 17.9 Å². The number of aromatic amines is 1. The van der Waals surface area contributed by atoms with Gasteiger partial charge in [-0.15, -0.1) is 0 Å². The number of ether oxygens (including phenoxy) is 1. The first-order chi connectivity index (χ1) is 9.95. The molecule has 112 valence electrons. The first kappa shape index (κ1) is 15.1. The third kappa shape index (κ3) is 3.26. The van der Waals surface area contributed by atoms with E-state index in [9.17, 15) is 13.2 Å². The number of carbonyl (C=O) groups is 1. The van der Waals surface area contributed by atoms with Crippen LogP contribution in [0.25, 0.3) is 0 Å². The molecule has 0 aliphatic carbocycles. The lowest BCUT2D eigenvalue weighted by atomic mass is 10.2. The molecule has 2 N–H and O–H groups in total. The Hall–Kier alpha value is -2.26. The number of methoxy groups -OCH3 is 1. The maximum atomic E-state index is 12.4. The van der Waals surface area contributed by atoms with E-state index in [0.29, 0.717) is 5.82 Å².